The minimum Gasteiger partial charge on any atom is -0.377 e. The number of fused-ring (bicyclic) bond motifs is 3. The van der Waals surface area contributed by atoms with Crippen LogP contribution in [0.3, 0.4) is 0 Å². The van der Waals surface area contributed by atoms with Gasteiger partial charge in [0.25, 0.3) is 0 Å². The summed E-state index contributed by atoms with van der Waals surface area (Å²) in [6.07, 6.45) is 5.78. The van der Waals surface area contributed by atoms with Gasteiger partial charge >= 0.3 is 0 Å². The summed E-state index contributed by atoms with van der Waals surface area (Å²) < 4.78 is 1.13. The van der Waals surface area contributed by atoms with Gasteiger partial charge < -0.3 is 5.32 Å². The Bertz CT molecular complexity index is 725. The third-order valence-corrected chi connectivity index (χ3v) is 5.45. The minimum atomic E-state index is 0.301. The quantitative estimate of drug-likeness (QED) is 0.622. The normalized spacial score (nSPS) is 26.1. The van der Waals surface area contributed by atoms with E-state index in [9.17, 15) is 0 Å². The summed E-state index contributed by atoms with van der Waals surface area (Å²) >= 11 is 9.87. The van der Waals surface area contributed by atoms with Crippen LogP contribution >= 0.6 is 27.5 Å². The van der Waals surface area contributed by atoms with Crippen molar-refractivity contribution in [2.24, 2.45) is 5.92 Å². The molecular weight excluding hydrogens is 346 g/mol. The van der Waals surface area contributed by atoms with Crippen molar-refractivity contribution >= 4 is 33.2 Å². The standard InChI is InChI=1S/C18H15BrClN/c19-16-9-3-8-15-13-6-2-7-14(13)17(21-18(15)16)11-4-1-5-12(20)10-11/h1-6,8-10,13-14,17,21H,7H2/t13-,14+,17+/m1/s1. The Morgan fingerprint density at radius 1 is 1.14 bits per heavy atom. The van der Waals surface area contributed by atoms with Crippen LogP contribution in [0.1, 0.15) is 29.5 Å². The molecule has 1 N–H and O–H groups in total. The topological polar surface area (TPSA) is 12.0 Å². The average Bonchev–Trinajstić information content (AvgIpc) is 2.96. The molecule has 106 valence electrons. The first-order chi connectivity index (χ1) is 10.2. The van der Waals surface area contributed by atoms with E-state index in [0.717, 1.165) is 15.9 Å². The molecular formula is C18H15BrClN. The van der Waals surface area contributed by atoms with Gasteiger partial charge in [-0.3, -0.25) is 0 Å². The van der Waals surface area contributed by atoms with E-state index in [4.69, 9.17) is 11.6 Å². The van der Waals surface area contributed by atoms with Gasteiger partial charge in [0.05, 0.1) is 11.7 Å². The van der Waals surface area contributed by atoms with Crippen molar-refractivity contribution in [3.63, 3.8) is 0 Å². The molecule has 0 aromatic heterocycles. The number of rotatable bonds is 1. The zero-order valence-corrected chi connectivity index (χ0v) is 13.7. The van der Waals surface area contributed by atoms with E-state index >= 15 is 0 Å². The summed E-state index contributed by atoms with van der Waals surface area (Å²) in [5.41, 5.74) is 3.87. The molecule has 0 bridgehead atoms. The molecule has 2 aromatic rings. The van der Waals surface area contributed by atoms with Crippen LogP contribution in [0.2, 0.25) is 5.02 Å². The van der Waals surface area contributed by atoms with Crippen LogP contribution in [0.4, 0.5) is 5.69 Å². The highest BCUT2D eigenvalue weighted by molar-refractivity contribution is 9.10. The van der Waals surface area contributed by atoms with Crippen molar-refractivity contribution in [2.75, 3.05) is 5.32 Å². The molecule has 0 saturated carbocycles. The molecule has 21 heavy (non-hydrogen) atoms. The Kier molecular flexibility index (Phi) is 3.31. The van der Waals surface area contributed by atoms with Gasteiger partial charge in [-0.25, -0.2) is 0 Å². The number of halogens is 2. The second-order valence-corrected chi connectivity index (χ2v) is 7.03. The van der Waals surface area contributed by atoms with Crippen LogP contribution in [0.25, 0.3) is 0 Å². The van der Waals surface area contributed by atoms with E-state index in [1.54, 1.807) is 0 Å². The van der Waals surface area contributed by atoms with E-state index in [1.807, 2.05) is 12.1 Å². The summed E-state index contributed by atoms with van der Waals surface area (Å²) in [7, 11) is 0. The molecule has 1 aliphatic carbocycles. The Hall–Kier alpha value is -1.25. The molecule has 0 amide bonds. The fourth-order valence-electron chi connectivity index (χ4n) is 3.61. The molecule has 2 aliphatic rings. The average molecular weight is 361 g/mol. The van der Waals surface area contributed by atoms with Crippen LogP contribution in [0, 0.1) is 5.92 Å². The monoisotopic (exact) mass is 359 g/mol. The lowest BCUT2D eigenvalue weighted by Gasteiger charge is -2.38. The predicted molar refractivity (Wildman–Crippen MR) is 91.9 cm³/mol. The number of hydrogen-bond acceptors (Lipinski definition) is 1. The van der Waals surface area contributed by atoms with Gasteiger partial charge in [-0.15, -0.1) is 0 Å². The maximum absolute atomic E-state index is 6.19. The van der Waals surface area contributed by atoms with Gasteiger partial charge in [0.15, 0.2) is 0 Å². The molecule has 2 aromatic carbocycles. The predicted octanol–water partition coefficient (Wildman–Crippen LogP) is 5.93. The lowest BCUT2D eigenvalue weighted by Crippen LogP contribution is -2.29. The zero-order valence-electron chi connectivity index (χ0n) is 11.4. The van der Waals surface area contributed by atoms with Gasteiger partial charge in [0.2, 0.25) is 0 Å². The number of nitrogens with one attached hydrogen (secondary N) is 1. The molecule has 1 aliphatic heterocycles. The van der Waals surface area contributed by atoms with Crippen LogP contribution in [-0.2, 0) is 0 Å². The van der Waals surface area contributed by atoms with E-state index in [-0.39, 0.29) is 0 Å². The molecule has 3 heteroatoms. The highest BCUT2D eigenvalue weighted by Gasteiger charge is 2.38. The van der Waals surface area contributed by atoms with Gasteiger partial charge in [0.1, 0.15) is 0 Å². The maximum Gasteiger partial charge on any atom is 0.0554 e. The number of benzene rings is 2. The van der Waals surface area contributed by atoms with Gasteiger partial charge in [-0.2, -0.15) is 0 Å². The lowest BCUT2D eigenvalue weighted by atomic mass is 9.77. The molecule has 0 unspecified atom stereocenters. The highest BCUT2D eigenvalue weighted by atomic mass is 79.9. The second kappa shape index (κ2) is 5.19. The third kappa shape index (κ3) is 2.21. The lowest BCUT2D eigenvalue weighted by molar-refractivity contribution is 0.425. The second-order valence-electron chi connectivity index (χ2n) is 5.73. The molecule has 0 fully saturated rings. The highest BCUT2D eigenvalue weighted by Crippen LogP contribution is 2.51. The van der Waals surface area contributed by atoms with Crippen molar-refractivity contribution in [1.29, 1.82) is 0 Å². The Morgan fingerprint density at radius 3 is 2.86 bits per heavy atom. The molecule has 4 rings (SSSR count). The van der Waals surface area contributed by atoms with Gasteiger partial charge in [0, 0.05) is 15.4 Å². The number of para-hydroxylation sites is 1. The van der Waals surface area contributed by atoms with Crippen molar-refractivity contribution in [3.8, 4) is 0 Å². The molecule has 1 heterocycles. The smallest absolute Gasteiger partial charge is 0.0554 e. The Balaban J connectivity index is 1.83. The minimum absolute atomic E-state index is 0.301. The Morgan fingerprint density at radius 2 is 2.00 bits per heavy atom. The van der Waals surface area contributed by atoms with Crippen LogP contribution in [-0.4, -0.2) is 0 Å². The molecule has 0 radical (unpaired) electrons. The van der Waals surface area contributed by atoms with E-state index in [2.05, 4.69) is 63.7 Å². The number of allylic oxidation sites excluding steroid dienone is 2. The van der Waals surface area contributed by atoms with E-state index in [0.29, 0.717) is 17.9 Å². The van der Waals surface area contributed by atoms with E-state index < -0.39 is 0 Å². The van der Waals surface area contributed by atoms with Crippen LogP contribution < -0.4 is 5.32 Å². The molecule has 3 atom stereocenters. The van der Waals surface area contributed by atoms with Gasteiger partial charge in [-0.1, -0.05) is 48.0 Å². The summed E-state index contributed by atoms with van der Waals surface area (Å²) in [6, 6.07) is 15.0. The van der Waals surface area contributed by atoms with Crippen molar-refractivity contribution in [2.45, 2.75) is 18.4 Å². The summed E-state index contributed by atoms with van der Waals surface area (Å²) in [5, 5.41) is 4.54. The zero-order chi connectivity index (χ0) is 14.4. The largest absolute Gasteiger partial charge is 0.377 e. The first-order valence-corrected chi connectivity index (χ1v) is 8.38. The first-order valence-electron chi connectivity index (χ1n) is 7.21. The van der Waals surface area contributed by atoms with Crippen LogP contribution in [0.5, 0.6) is 0 Å². The summed E-state index contributed by atoms with van der Waals surface area (Å²) in [6.45, 7) is 0. The van der Waals surface area contributed by atoms with Crippen LogP contribution in [0.15, 0.2) is 59.1 Å². The summed E-state index contributed by atoms with van der Waals surface area (Å²) in [4.78, 5) is 0. The Labute approximate surface area is 138 Å². The number of anilines is 1. The van der Waals surface area contributed by atoms with Crippen molar-refractivity contribution in [1.82, 2.24) is 0 Å². The molecule has 0 saturated heterocycles. The van der Waals surface area contributed by atoms with Gasteiger partial charge in [-0.05, 0) is 57.6 Å². The maximum atomic E-state index is 6.19. The molecule has 0 spiro atoms. The fourth-order valence-corrected chi connectivity index (χ4v) is 4.31. The van der Waals surface area contributed by atoms with Crippen molar-refractivity contribution < 1.29 is 0 Å². The molecule has 1 nitrogen and oxygen atoms in total. The number of hydrogen-bond donors (Lipinski definition) is 1. The fraction of sp³-hybridized carbons (Fsp3) is 0.222. The first kappa shape index (κ1) is 13.4. The van der Waals surface area contributed by atoms with E-state index in [1.165, 1.54) is 16.8 Å². The third-order valence-electron chi connectivity index (χ3n) is 4.55. The van der Waals surface area contributed by atoms with Crippen molar-refractivity contribution in [3.05, 3.63) is 75.2 Å². The SMILES string of the molecule is Clc1cccc([C@@H]2Nc3c(Br)cccc3[C@@H]3C=CC[C@@H]32)c1. The summed E-state index contributed by atoms with van der Waals surface area (Å²) in [5.74, 6) is 1.05.